The molecular formula is C20H18ClNO2S2. The molecule has 0 atom stereocenters. The van der Waals surface area contributed by atoms with E-state index < -0.39 is 0 Å². The van der Waals surface area contributed by atoms with Crippen molar-refractivity contribution in [3.63, 3.8) is 0 Å². The number of halogens is 1. The van der Waals surface area contributed by atoms with Crippen molar-refractivity contribution >= 4 is 50.7 Å². The molecule has 3 nitrogen and oxygen atoms in total. The van der Waals surface area contributed by atoms with Crippen molar-refractivity contribution in [3.05, 3.63) is 70.4 Å². The minimum absolute atomic E-state index is 0.0439. The molecule has 2 aromatic carbocycles. The summed E-state index contributed by atoms with van der Waals surface area (Å²) in [7, 11) is 0. The SMILES string of the molecule is CCCSC1=NC(=Cc2cc(Cl)ccc2OCc2ccccc2)C(=O)S1. The third-order valence-corrected chi connectivity index (χ3v) is 5.98. The Kier molecular flexibility index (Phi) is 6.83. The summed E-state index contributed by atoms with van der Waals surface area (Å²) in [6, 6.07) is 15.3. The maximum absolute atomic E-state index is 12.2. The molecule has 0 N–H and O–H groups in total. The summed E-state index contributed by atoms with van der Waals surface area (Å²) in [4.78, 5) is 16.7. The zero-order valence-corrected chi connectivity index (χ0v) is 16.7. The van der Waals surface area contributed by atoms with Crippen LogP contribution in [0.5, 0.6) is 5.75 Å². The molecule has 1 heterocycles. The van der Waals surface area contributed by atoms with Crippen molar-refractivity contribution in [1.82, 2.24) is 0 Å². The van der Waals surface area contributed by atoms with Crippen LogP contribution in [0.3, 0.4) is 0 Å². The number of thioether (sulfide) groups is 2. The van der Waals surface area contributed by atoms with Crippen LogP contribution < -0.4 is 4.74 Å². The van der Waals surface area contributed by atoms with Crippen molar-refractivity contribution in [2.24, 2.45) is 4.99 Å². The van der Waals surface area contributed by atoms with Crippen LogP contribution in [0.15, 0.2) is 59.2 Å². The molecule has 0 amide bonds. The van der Waals surface area contributed by atoms with E-state index in [1.54, 1.807) is 30.0 Å². The fourth-order valence-corrected chi connectivity index (χ4v) is 4.23. The molecule has 0 aromatic heterocycles. The van der Waals surface area contributed by atoms with Crippen LogP contribution in [0.2, 0.25) is 5.02 Å². The molecule has 1 aliphatic heterocycles. The average Bonchev–Trinajstić information content (AvgIpc) is 2.99. The summed E-state index contributed by atoms with van der Waals surface area (Å²) in [5.41, 5.74) is 2.26. The Balaban J connectivity index is 1.81. The zero-order valence-electron chi connectivity index (χ0n) is 14.3. The number of benzene rings is 2. The number of carbonyl (C=O) groups excluding carboxylic acids is 1. The number of carbonyl (C=O) groups is 1. The maximum atomic E-state index is 12.2. The standard InChI is InChI=1S/C20H18ClNO2S2/c1-2-10-25-20-22-17(19(23)26-20)12-15-11-16(21)8-9-18(15)24-13-14-6-4-3-5-7-14/h3-9,11-12H,2,10,13H2,1H3. The monoisotopic (exact) mass is 403 g/mol. The first-order valence-corrected chi connectivity index (χ1v) is 10.5. The largest absolute Gasteiger partial charge is 0.488 e. The van der Waals surface area contributed by atoms with Gasteiger partial charge in [0.25, 0.3) is 0 Å². The molecule has 0 spiro atoms. The van der Waals surface area contributed by atoms with Gasteiger partial charge in [-0.2, -0.15) is 0 Å². The predicted octanol–water partition coefficient (Wildman–Crippen LogP) is 6.03. The van der Waals surface area contributed by atoms with E-state index >= 15 is 0 Å². The Morgan fingerprint density at radius 2 is 2.04 bits per heavy atom. The van der Waals surface area contributed by atoms with Crippen LogP contribution in [0.4, 0.5) is 0 Å². The molecule has 2 aromatic rings. The van der Waals surface area contributed by atoms with E-state index in [-0.39, 0.29) is 5.12 Å². The highest BCUT2D eigenvalue weighted by atomic mass is 35.5. The highest BCUT2D eigenvalue weighted by molar-refractivity contribution is 8.45. The molecule has 0 aliphatic carbocycles. The average molecular weight is 404 g/mol. The van der Waals surface area contributed by atoms with Gasteiger partial charge in [0.1, 0.15) is 22.4 Å². The molecule has 0 saturated heterocycles. The Morgan fingerprint density at radius 1 is 1.23 bits per heavy atom. The molecule has 0 saturated carbocycles. The van der Waals surface area contributed by atoms with Crippen molar-refractivity contribution in [2.45, 2.75) is 20.0 Å². The highest BCUT2D eigenvalue weighted by Crippen LogP contribution is 2.33. The number of hydrogen-bond donors (Lipinski definition) is 0. The molecule has 0 fully saturated rings. The maximum Gasteiger partial charge on any atom is 0.244 e. The van der Waals surface area contributed by atoms with Gasteiger partial charge in [-0.1, -0.05) is 60.6 Å². The van der Waals surface area contributed by atoms with Crippen LogP contribution in [0.25, 0.3) is 6.08 Å². The van der Waals surface area contributed by atoms with Crippen LogP contribution in [0, 0.1) is 0 Å². The molecule has 6 heteroatoms. The van der Waals surface area contributed by atoms with Crippen LogP contribution >= 0.6 is 35.1 Å². The normalized spacial score (nSPS) is 15.4. The van der Waals surface area contributed by atoms with E-state index in [4.69, 9.17) is 16.3 Å². The second kappa shape index (κ2) is 9.31. The number of rotatable bonds is 6. The zero-order chi connectivity index (χ0) is 18.4. The molecule has 0 unspecified atom stereocenters. The minimum atomic E-state index is -0.0439. The lowest BCUT2D eigenvalue weighted by Crippen LogP contribution is -1.97. The van der Waals surface area contributed by atoms with E-state index in [0.29, 0.717) is 23.1 Å². The number of nitrogens with zero attached hydrogens (tertiary/aromatic N) is 1. The fourth-order valence-electron chi connectivity index (χ4n) is 2.29. The van der Waals surface area contributed by atoms with E-state index in [2.05, 4.69) is 11.9 Å². The van der Waals surface area contributed by atoms with Crippen LogP contribution in [-0.4, -0.2) is 15.2 Å². The van der Waals surface area contributed by atoms with Gasteiger partial charge in [0, 0.05) is 10.6 Å². The lowest BCUT2D eigenvalue weighted by Gasteiger charge is -2.10. The van der Waals surface area contributed by atoms with Gasteiger partial charge in [-0.15, -0.1) is 0 Å². The Labute approximate surface area is 166 Å². The third kappa shape index (κ3) is 5.16. The summed E-state index contributed by atoms with van der Waals surface area (Å²) in [5, 5.41) is 0.546. The lowest BCUT2D eigenvalue weighted by molar-refractivity contribution is -0.107. The molecule has 1 aliphatic rings. The van der Waals surface area contributed by atoms with Gasteiger partial charge in [0.05, 0.1) is 0 Å². The van der Waals surface area contributed by atoms with E-state index in [0.717, 1.165) is 27.7 Å². The summed E-state index contributed by atoms with van der Waals surface area (Å²) in [5.74, 6) is 1.63. The van der Waals surface area contributed by atoms with Gasteiger partial charge < -0.3 is 4.74 Å². The summed E-state index contributed by atoms with van der Waals surface area (Å²) in [6.45, 7) is 2.55. The van der Waals surface area contributed by atoms with Crippen molar-refractivity contribution < 1.29 is 9.53 Å². The van der Waals surface area contributed by atoms with Gasteiger partial charge in [-0.05, 0) is 53.8 Å². The summed E-state index contributed by atoms with van der Waals surface area (Å²) in [6.07, 6.45) is 2.80. The number of aliphatic imine (C=N–C) groups is 1. The smallest absolute Gasteiger partial charge is 0.244 e. The highest BCUT2D eigenvalue weighted by Gasteiger charge is 2.22. The molecule has 134 valence electrons. The van der Waals surface area contributed by atoms with Crippen molar-refractivity contribution in [2.75, 3.05) is 5.75 Å². The van der Waals surface area contributed by atoms with Gasteiger partial charge in [-0.3, -0.25) is 4.79 Å². The molecule has 3 rings (SSSR count). The number of ether oxygens (including phenoxy) is 1. The van der Waals surface area contributed by atoms with Gasteiger partial charge in [-0.25, -0.2) is 4.99 Å². The first kappa shape index (κ1) is 19.1. The minimum Gasteiger partial charge on any atom is -0.488 e. The quantitative estimate of drug-likeness (QED) is 0.551. The molecule has 0 bridgehead atoms. The van der Waals surface area contributed by atoms with Gasteiger partial charge in [0.2, 0.25) is 5.12 Å². The van der Waals surface area contributed by atoms with Gasteiger partial charge in [0.15, 0.2) is 0 Å². The lowest BCUT2D eigenvalue weighted by atomic mass is 10.1. The fraction of sp³-hybridized carbons (Fsp3) is 0.200. The van der Waals surface area contributed by atoms with E-state index in [1.165, 1.54) is 11.8 Å². The second-order valence-corrected chi connectivity index (χ2v) is 8.34. The van der Waals surface area contributed by atoms with Crippen molar-refractivity contribution in [1.29, 1.82) is 0 Å². The second-order valence-electron chi connectivity index (χ2n) is 5.60. The third-order valence-electron chi connectivity index (χ3n) is 3.53. The van der Waals surface area contributed by atoms with E-state index in [9.17, 15) is 4.79 Å². The Hall–Kier alpha value is -1.69. The molecule has 26 heavy (non-hydrogen) atoms. The first-order chi connectivity index (χ1) is 12.7. The van der Waals surface area contributed by atoms with Crippen LogP contribution in [0.1, 0.15) is 24.5 Å². The van der Waals surface area contributed by atoms with E-state index in [1.807, 2.05) is 36.4 Å². The Morgan fingerprint density at radius 3 is 2.81 bits per heavy atom. The summed E-state index contributed by atoms with van der Waals surface area (Å²) >= 11 is 8.93. The molecule has 0 radical (unpaired) electrons. The summed E-state index contributed by atoms with van der Waals surface area (Å²) < 4.78 is 6.74. The van der Waals surface area contributed by atoms with Crippen LogP contribution in [-0.2, 0) is 11.4 Å². The first-order valence-electron chi connectivity index (χ1n) is 8.27. The van der Waals surface area contributed by atoms with Crippen molar-refractivity contribution in [3.8, 4) is 5.75 Å². The topological polar surface area (TPSA) is 38.7 Å². The Bertz CT molecular complexity index is 850. The predicted molar refractivity (Wildman–Crippen MR) is 113 cm³/mol. The molecular weight excluding hydrogens is 386 g/mol. The van der Waals surface area contributed by atoms with Gasteiger partial charge >= 0.3 is 0 Å². The number of hydrogen-bond acceptors (Lipinski definition) is 5.